The van der Waals surface area contributed by atoms with Gasteiger partial charge in [0.05, 0.1) is 17.3 Å². The average molecular weight is 409 g/mol. The molecule has 2 atom stereocenters. The van der Waals surface area contributed by atoms with Crippen LogP contribution in [0.5, 0.6) is 0 Å². The number of aromatic nitrogens is 3. The van der Waals surface area contributed by atoms with Gasteiger partial charge in [0.25, 0.3) is 0 Å². The molecule has 7 heteroatoms. The van der Waals surface area contributed by atoms with Gasteiger partial charge in [-0.3, -0.25) is 0 Å². The summed E-state index contributed by atoms with van der Waals surface area (Å²) in [5.41, 5.74) is 5.15. The first-order valence-electron chi connectivity index (χ1n) is 10.8. The van der Waals surface area contributed by atoms with E-state index in [4.69, 9.17) is 10.1 Å². The van der Waals surface area contributed by atoms with Gasteiger partial charge in [0, 0.05) is 30.1 Å². The monoisotopic (exact) mass is 408 g/mol. The third-order valence-corrected chi connectivity index (χ3v) is 7.27. The second-order valence-electron chi connectivity index (χ2n) is 9.27. The van der Waals surface area contributed by atoms with Gasteiger partial charge in [0.1, 0.15) is 0 Å². The van der Waals surface area contributed by atoms with Crippen molar-refractivity contribution in [3.63, 3.8) is 0 Å². The molecule has 160 valence electrons. The molecule has 0 aromatic carbocycles. The highest BCUT2D eigenvalue weighted by Crippen LogP contribution is 2.43. The molecule has 4 nitrogen and oxygen atoms in total. The molecule has 1 aliphatic heterocycles. The second kappa shape index (κ2) is 7.56. The molecular weight excluding hydrogens is 377 g/mol. The Morgan fingerprint density at radius 2 is 1.76 bits per heavy atom. The molecule has 2 aliphatic rings. The zero-order valence-corrected chi connectivity index (χ0v) is 17.8. The fourth-order valence-corrected chi connectivity index (χ4v) is 5.19. The van der Waals surface area contributed by atoms with Gasteiger partial charge in [-0.25, -0.2) is 9.50 Å². The molecule has 3 heterocycles. The Bertz CT molecular complexity index is 880. The van der Waals surface area contributed by atoms with Gasteiger partial charge in [0.2, 0.25) is 0 Å². The van der Waals surface area contributed by atoms with Crippen LogP contribution in [0.25, 0.3) is 5.65 Å². The summed E-state index contributed by atoms with van der Waals surface area (Å²) in [6.07, 6.45) is -1.43. The molecule has 1 aliphatic carbocycles. The van der Waals surface area contributed by atoms with Crippen LogP contribution in [0, 0.1) is 25.7 Å². The molecular formula is C22H31F3N4. The van der Waals surface area contributed by atoms with E-state index >= 15 is 0 Å². The van der Waals surface area contributed by atoms with Crippen molar-refractivity contribution >= 4 is 5.65 Å². The Balaban J connectivity index is 1.68. The lowest BCUT2D eigenvalue weighted by molar-refractivity contribution is -0.182. The summed E-state index contributed by atoms with van der Waals surface area (Å²) < 4.78 is 41.1. The van der Waals surface area contributed by atoms with E-state index in [1.54, 1.807) is 0 Å². The molecule has 4 rings (SSSR count). The van der Waals surface area contributed by atoms with Crippen LogP contribution in [0.3, 0.4) is 0 Å². The molecule has 0 bridgehead atoms. The van der Waals surface area contributed by atoms with Crippen LogP contribution in [0.1, 0.15) is 73.5 Å². The van der Waals surface area contributed by atoms with Crippen molar-refractivity contribution in [2.45, 2.75) is 70.9 Å². The van der Waals surface area contributed by atoms with Crippen molar-refractivity contribution in [3.05, 3.63) is 28.7 Å². The highest BCUT2D eigenvalue weighted by molar-refractivity contribution is 5.46. The quantitative estimate of drug-likeness (QED) is 0.682. The summed E-state index contributed by atoms with van der Waals surface area (Å²) in [5.74, 6) is -0.126. The highest BCUT2D eigenvalue weighted by Gasteiger charge is 2.42. The van der Waals surface area contributed by atoms with Gasteiger partial charge in [-0.2, -0.15) is 18.3 Å². The lowest BCUT2D eigenvalue weighted by atomic mass is 9.80. The van der Waals surface area contributed by atoms with Gasteiger partial charge in [-0.05, 0) is 71.0 Å². The van der Waals surface area contributed by atoms with Crippen LogP contribution < -0.4 is 0 Å². The molecule has 2 fully saturated rings. The van der Waals surface area contributed by atoms with E-state index in [1.807, 2.05) is 17.5 Å². The molecule has 1 saturated heterocycles. The number of alkyl halides is 3. The third kappa shape index (κ3) is 3.90. The largest absolute Gasteiger partial charge is 0.391 e. The molecule has 2 aromatic heterocycles. The normalized spacial score (nSPS) is 29.5. The summed E-state index contributed by atoms with van der Waals surface area (Å²) in [4.78, 5) is 7.12. The number of hydrogen-bond donors (Lipinski definition) is 0. The van der Waals surface area contributed by atoms with E-state index in [0.29, 0.717) is 24.7 Å². The second-order valence-corrected chi connectivity index (χ2v) is 9.27. The molecule has 0 N–H and O–H groups in total. The number of aryl methyl sites for hydroxylation is 1. The summed E-state index contributed by atoms with van der Waals surface area (Å²) >= 11 is 0. The smallest absolute Gasteiger partial charge is 0.306 e. The van der Waals surface area contributed by atoms with E-state index in [9.17, 15) is 13.2 Å². The SMILES string of the molecule is Cc1nc2cc([C@H]3CC[C@H](C(F)(F)F)CC3)nn2c([C@@H]2CN(C)CC[C@@H]2C)c1C. The minimum absolute atomic E-state index is 0.0928. The molecule has 1 saturated carbocycles. The van der Waals surface area contributed by atoms with Crippen molar-refractivity contribution in [1.29, 1.82) is 0 Å². The Morgan fingerprint density at radius 3 is 2.41 bits per heavy atom. The van der Waals surface area contributed by atoms with Gasteiger partial charge >= 0.3 is 6.18 Å². The van der Waals surface area contributed by atoms with Crippen molar-refractivity contribution in [3.8, 4) is 0 Å². The average Bonchev–Trinajstić information content (AvgIpc) is 3.08. The fraction of sp³-hybridized carbons (Fsp3) is 0.727. The fourth-order valence-electron chi connectivity index (χ4n) is 5.19. The number of fused-ring (bicyclic) bond motifs is 1. The van der Waals surface area contributed by atoms with E-state index < -0.39 is 12.1 Å². The maximum atomic E-state index is 13.0. The molecule has 0 unspecified atom stereocenters. The van der Waals surface area contributed by atoms with Crippen LogP contribution >= 0.6 is 0 Å². The van der Waals surface area contributed by atoms with E-state index in [-0.39, 0.29) is 18.8 Å². The lowest BCUT2D eigenvalue weighted by Crippen LogP contribution is -2.37. The molecule has 0 amide bonds. The molecule has 0 radical (unpaired) electrons. The number of nitrogens with zero attached hydrogens (tertiary/aromatic N) is 4. The zero-order valence-electron chi connectivity index (χ0n) is 17.8. The van der Waals surface area contributed by atoms with Crippen LogP contribution in [-0.2, 0) is 0 Å². The van der Waals surface area contributed by atoms with E-state index in [0.717, 1.165) is 36.5 Å². The first-order chi connectivity index (χ1) is 13.6. The Morgan fingerprint density at radius 1 is 1.07 bits per heavy atom. The standard InChI is InChI=1S/C22H31F3N4/c1-13-9-10-28(4)12-18(13)21-14(2)15(3)26-20-11-19(27-29(20)21)16-5-7-17(8-6-16)22(23,24)25/h11,13,16-18H,5-10,12H2,1-4H3/t13-,16-,17-,18+/m0/s1. The Hall–Kier alpha value is -1.63. The van der Waals surface area contributed by atoms with Crippen molar-refractivity contribution in [2.24, 2.45) is 11.8 Å². The summed E-state index contributed by atoms with van der Waals surface area (Å²) in [7, 11) is 2.16. The third-order valence-electron chi connectivity index (χ3n) is 7.27. The summed E-state index contributed by atoms with van der Waals surface area (Å²) in [5, 5.41) is 4.91. The van der Waals surface area contributed by atoms with Crippen LogP contribution in [-0.4, -0.2) is 45.8 Å². The Labute approximate surface area is 170 Å². The maximum absolute atomic E-state index is 13.0. The van der Waals surface area contributed by atoms with Gasteiger partial charge in [0.15, 0.2) is 5.65 Å². The topological polar surface area (TPSA) is 33.4 Å². The summed E-state index contributed by atoms with van der Waals surface area (Å²) in [6, 6.07) is 2.01. The minimum Gasteiger partial charge on any atom is -0.306 e. The Kier molecular flexibility index (Phi) is 5.38. The zero-order chi connectivity index (χ0) is 20.9. The highest BCUT2D eigenvalue weighted by atomic mass is 19.4. The molecule has 2 aromatic rings. The van der Waals surface area contributed by atoms with Crippen molar-refractivity contribution < 1.29 is 13.2 Å². The van der Waals surface area contributed by atoms with E-state index in [2.05, 4.69) is 25.8 Å². The lowest BCUT2D eigenvalue weighted by Gasteiger charge is -2.36. The number of halogens is 3. The number of hydrogen-bond acceptors (Lipinski definition) is 3. The van der Waals surface area contributed by atoms with Crippen molar-refractivity contribution in [2.75, 3.05) is 20.1 Å². The number of rotatable bonds is 2. The van der Waals surface area contributed by atoms with Crippen LogP contribution in [0.4, 0.5) is 13.2 Å². The van der Waals surface area contributed by atoms with Gasteiger partial charge in [-0.15, -0.1) is 0 Å². The maximum Gasteiger partial charge on any atom is 0.391 e. The van der Waals surface area contributed by atoms with E-state index in [1.165, 1.54) is 11.3 Å². The molecule has 0 spiro atoms. The predicted octanol–water partition coefficient (Wildman–Crippen LogP) is 5.24. The van der Waals surface area contributed by atoms with Gasteiger partial charge < -0.3 is 4.90 Å². The first-order valence-corrected chi connectivity index (χ1v) is 10.8. The number of piperidine rings is 1. The first kappa shape index (κ1) is 20.6. The number of likely N-dealkylation sites (tertiary alicyclic amines) is 1. The predicted molar refractivity (Wildman–Crippen MR) is 107 cm³/mol. The summed E-state index contributed by atoms with van der Waals surface area (Å²) in [6.45, 7) is 8.57. The van der Waals surface area contributed by atoms with Crippen LogP contribution in [0.2, 0.25) is 0 Å². The molecule has 29 heavy (non-hydrogen) atoms. The number of likely N-dealkylation sites (N-methyl/N-ethyl adjacent to an activating group) is 1. The van der Waals surface area contributed by atoms with Crippen molar-refractivity contribution in [1.82, 2.24) is 19.5 Å². The van der Waals surface area contributed by atoms with Gasteiger partial charge in [-0.1, -0.05) is 6.92 Å². The van der Waals surface area contributed by atoms with Crippen LogP contribution in [0.15, 0.2) is 6.07 Å². The minimum atomic E-state index is -4.07.